The van der Waals surface area contributed by atoms with Gasteiger partial charge >= 0.3 is 0 Å². The Hall–Kier alpha value is -8.81. The number of amides is 11. The fraction of sp³-hybridized carbons (Fsp3) is 0.569. The second-order valence-corrected chi connectivity index (χ2v) is 27.2. The van der Waals surface area contributed by atoms with Crippen LogP contribution >= 0.6 is 0 Å². The van der Waals surface area contributed by atoms with E-state index < -0.39 is 218 Å². The molecule has 0 aliphatic carbocycles. The maximum absolute atomic E-state index is 15.2. The molecule has 3 unspecified atom stereocenters. The Bertz CT molecular complexity index is 3520. The Kier molecular flexibility index (Phi) is 25.8. The fourth-order valence-corrected chi connectivity index (χ4v) is 13.6. The molecule has 31 heteroatoms. The van der Waals surface area contributed by atoms with E-state index in [1.807, 2.05) is 0 Å². The smallest absolute Gasteiger partial charge is 0.243 e. The minimum absolute atomic E-state index is 0.0531. The lowest BCUT2D eigenvalue weighted by atomic mass is 9.85. The molecule has 2 saturated heterocycles. The number of fused-ring (bicyclic) bond motifs is 5. The monoisotopic (exact) mass is 1360 g/mol. The van der Waals surface area contributed by atoms with Crippen molar-refractivity contribution >= 4 is 110 Å². The standard InChI is InChI=1S/C65H87N11O19S/c1-8-32(4)57-62(91)68-25-53(85)70-45-30-96(94)63-43(19-37(60(89)67-26-54(86)73-57)20-49(81)58(35(7)50(82)28-77)74-61(90)46-23-40(78)27-76(46)65(93)38(21-47(45)79)22-51(66)83)42-14-13-41(24-44(42)71-63)95-29-36-9-11-39(12-10-36)69-59(88)33(5)17-48(80)56(31(2)3)72-52(84)15-16-75-55(87)18-34(6)64(75)92/h9-14,24,31-35,37-38,40,45-46,50,56-58,71,77-78,82H,8,15-23,25-30H2,1-7H3,(H2,66,83)(H,67,89)(H,68,91)(H,69,88)(H,70,85)(H,72,84)(H,73,86)(H,74,90)/t32-,33+,34?,35-,37+,38-,40?,45?,46-,50-,56-,57-,58-,96+/m0/s1. The number of carbonyl (C=O) groups is 14. The number of aromatic amines is 1. The molecular weight excluding hydrogens is 1270 g/mol. The molecular formula is C65H87N11O19S. The molecule has 3 aromatic rings. The number of hydrogen-bond acceptors (Lipinski definition) is 19. The molecule has 30 nitrogen and oxygen atoms in total. The van der Waals surface area contributed by atoms with Gasteiger partial charge in [-0.3, -0.25) is 76.2 Å². The van der Waals surface area contributed by atoms with Crippen molar-refractivity contribution in [2.24, 2.45) is 47.2 Å². The average molecular weight is 1360 g/mol. The van der Waals surface area contributed by atoms with Gasteiger partial charge in [0.05, 0.1) is 78.0 Å². The first-order valence-corrected chi connectivity index (χ1v) is 33.5. The number of nitrogens with zero attached hydrogens (tertiary/aromatic N) is 2. The lowest BCUT2D eigenvalue weighted by Crippen LogP contribution is -2.56. The highest BCUT2D eigenvalue weighted by Gasteiger charge is 2.46. The zero-order chi connectivity index (χ0) is 70.6. The number of benzene rings is 2. The average Bonchev–Trinajstić information content (AvgIpc) is 1.62. The van der Waals surface area contributed by atoms with Gasteiger partial charge in [0.1, 0.15) is 29.5 Å². The highest BCUT2D eigenvalue weighted by molar-refractivity contribution is 7.85. The number of likely N-dealkylation sites (tertiary alicyclic amines) is 1. The molecule has 13 N–H and O–H groups in total. The van der Waals surface area contributed by atoms with E-state index in [4.69, 9.17) is 10.5 Å². The number of Topliss-reactive ketones (excluding diaryl/α,β-unsaturated/α-hetero) is 3. The summed E-state index contributed by atoms with van der Waals surface area (Å²) >= 11 is 0. The van der Waals surface area contributed by atoms with Crippen LogP contribution in [0.25, 0.3) is 10.9 Å². The maximum atomic E-state index is 15.2. The summed E-state index contributed by atoms with van der Waals surface area (Å²) in [4.78, 5) is 197. The SMILES string of the molecule is CC[C@H](C)[C@@H]1NC(=O)CNC(=O)[C@H]2CC(=O)[C@H]([C@@H](C)[C@@H](O)CO)NC(=O)[C@@H]3CC(O)CN3C(=O)[C@H](CC(N)=O)CC(=O)C(C[S@@](=O)c3[nH]c4cc(OCc5ccc(NC(=O)[C@H](C)CC(=O)[C@@H](NC(=O)CCN6C(=O)CC(C)C6=O)C(C)C)cc5)ccc4c3C2)NC(=O)CNC1=O. The van der Waals surface area contributed by atoms with Crippen LogP contribution in [0.2, 0.25) is 0 Å². The number of aliphatic hydroxyl groups is 3. The van der Waals surface area contributed by atoms with Crippen molar-refractivity contribution in [3.8, 4) is 5.75 Å². The number of imide groups is 1. The van der Waals surface area contributed by atoms with Crippen LogP contribution < -0.4 is 47.7 Å². The summed E-state index contributed by atoms with van der Waals surface area (Å²) in [7, 11) is -2.41. The molecule has 11 amide bonds. The zero-order valence-corrected chi connectivity index (χ0v) is 55.5. The molecule has 2 bridgehead atoms. The molecule has 0 radical (unpaired) electrons. The van der Waals surface area contributed by atoms with Crippen LogP contribution in [0.15, 0.2) is 47.5 Å². The third-order valence-corrected chi connectivity index (χ3v) is 19.5. The molecule has 0 saturated carbocycles. The molecule has 2 fully saturated rings. The molecule has 0 spiro atoms. The van der Waals surface area contributed by atoms with Gasteiger partial charge in [-0.1, -0.05) is 67.0 Å². The minimum atomic E-state index is -2.41. The maximum Gasteiger partial charge on any atom is 0.243 e. The number of aliphatic hydroxyl groups excluding tert-OH is 3. The number of nitrogens with one attached hydrogen (secondary N) is 8. The van der Waals surface area contributed by atoms with Gasteiger partial charge in [0.25, 0.3) is 0 Å². The number of hydrogen-bond donors (Lipinski definition) is 12. The van der Waals surface area contributed by atoms with Crippen LogP contribution in [0, 0.1) is 41.4 Å². The number of rotatable bonds is 20. The van der Waals surface area contributed by atoms with Crippen LogP contribution in [-0.4, -0.2) is 198 Å². The van der Waals surface area contributed by atoms with Crippen LogP contribution in [0.1, 0.15) is 111 Å². The van der Waals surface area contributed by atoms with Gasteiger partial charge in [-0.05, 0) is 53.6 Å². The molecule has 4 aliphatic rings. The molecule has 14 atom stereocenters. The largest absolute Gasteiger partial charge is 0.489 e. The summed E-state index contributed by atoms with van der Waals surface area (Å²) in [6, 6.07) is 4.00. The molecule has 96 heavy (non-hydrogen) atoms. The van der Waals surface area contributed by atoms with E-state index in [0.29, 0.717) is 23.1 Å². The van der Waals surface area contributed by atoms with E-state index in [2.05, 4.69) is 42.2 Å². The van der Waals surface area contributed by atoms with Crippen LogP contribution in [0.3, 0.4) is 0 Å². The van der Waals surface area contributed by atoms with Crippen molar-refractivity contribution in [3.63, 3.8) is 0 Å². The Balaban J connectivity index is 1.19. The summed E-state index contributed by atoms with van der Waals surface area (Å²) in [5.74, 6) is -17.7. The van der Waals surface area contributed by atoms with E-state index in [1.54, 1.807) is 77.9 Å². The lowest BCUT2D eigenvalue weighted by Gasteiger charge is -2.32. The fourth-order valence-electron chi connectivity index (χ4n) is 12.1. The summed E-state index contributed by atoms with van der Waals surface area (Å²) in [6.45, 7) is 8.32. The van der Waals surface area contributed by atoms with E-state index in [-0.39, 0.29) is 77.8 Å². The van der Waals surface area contributed by atoms with Crippen LogP contribution in [-0.2, 0) is 91.0 Å². The Labute approximate surface area is 556 Å². The molecule has 4 aliphatic heterocycles. The quantitative estimate of drug-likeness (QED) is 0.0579. The third kappa shape index (κ3) is 19.0. The Morgan fingerprint density at radius 1 is 0.812 bits per heavy atom. The number of primary amides is 1. The number of aromatic nitrogens is 1. The topological polar surface area (TPSA) is 458 Å². The van der Waals surface area contributed by atoms with E-state index in [1.165, 1.54) is 13.0 Å². The van der Waals surface area contributed by atoms with Crippen LogP contribution in [0.4, 0.5) is 5.69 Å². The lowest BCUT2D eigenvalue weighted by molar-refractivity contribution is -0.145. The first-order chi connectivity index (χ1) is 45.4. The van der Waals surface area contributed by atoms with Gasteiger partial charge in [0, 0.05) is 98.8 Å². The number of H-pyrrole nitrogens is 1. The predicted octanol–water partition coefficient (Wildman–Crippen LogP) is -1.41. The molecule has 7 rings (SSSR count). The number of ketones is 3. The van der Waals surface area contributed by atoms with E-state index in [0.717, 1.165) is 9.80 Å². The van der Waals surface area contributed by atoms with Gasteiger partial charge in [-0.25, -0.2) is 0 Å². The molecule has 1 aromatic heterocycles. The van der Waals surface area contributed by atoms with Gasteiger partial charge < -0.3 is 72.9 Å². The summed E-state index contributed by atoms with van der Waals surface area (Å²) < 4.78 is 21.4. The van der Waals surface area contributed by atoms with Crippen LogP contribution in [0.5, 0.6) is 5.75 Å². The second-order valence-electron chi connectivity index (χ2n) is 25.8. The van der Waals surface area contributed by atoms with Gasteiger partial charge in [-0.2, -0.15) is 0 Å². The summed E-state index contributed by atoms with van der Waals surface area (Å²) in [5, 5.41) is 50.3. The van der Waals surface area contributed by atoms with Gasteiger partial charge in [0.2, 0.25) is 65.0 Å². The Morgan fingerprint density at radius 2 is 1.49 bits per heavy atom. The minimum Gasteiger partial charge on any atom is -0.489 e. The first kappa shape index (κ1) is 74.6. The van der Waals surface area contributed by atoms with Crippen molar-refractivity contribution in [1.82, 2.24) is 46.7 Å². The van der Waals surface area contributed by atoms with Crippen molar-refractivity contribution < 1.29 is 91.4 Å². The number of anilines is 1. The number of ether oxygens (including phenoxy) is 1. The molecule has 5 heterocycles. The second kappa shape index (κ2) is 33.2. The summed E-state index contributed by atoms with van der Waals surface area (Å²) in [6.07, 6.45) is -6.25. The van der Waals surface area contributed by atoms with Crippen molar-refractivity contribution in [1.29, 1.82) is 0 Å². The van der Waals surface area contributed by atoms with E-state index in [9.17, 15) is 82.4 Å². The van der Waals surface area contributed by atoms with Crippen molar-refractivity contribution in [2.45, 2.75) is 160 Å². The molecule has 522 valence electrons. The molecule has 2 aromatic carbocycles. The highest BCUT2D eigenvalue weighted by Crippen LogP contribution is 2.34. The Morgan fingerprint density at radius 3 is 2.12 bits per heavy atom. The van der Waals surface area contributed by atoms with E-state index >= 15 is 4.21 Å². The zero-order valence-electron chi connectivity index (χ0n) is 54.7. The predicted molar refractivity (Wildman–Crippen MR) is 343 cm³/mol. The van der Waals surface area contributed by atoms with Crippen molar-refractivity contribution in [2.75, 3.05) is 43.9 Å². The van der Waals surface area contributed by atoms with Gasteiger partial charge in [-0.15, -0.1) is 0 Å². The van der Waals surface area contributed by atoms with Crippen molar-refractivity contribution in [3.05, 3.63) is 53.6 Å². The summed E-state index contributed by atoms with van der Waals surface area (Å²) in [5.41, 5.74) is 7.01. The number of carbonyl (C=O) groups excluding carboxylic acids is 14. The first-order valence-electron chi connectivity index (χ1n) is 32.2. The van der Waals surface area contributed by atoms with Gasteiger partial charge in [0.15, 0.2) is 17.3 Å². The third-order valence-electron chi connectivity index (χ3n) is 18.1. The normalized spacial score (nSPS) is 25.3. The highest BCUT2D eigenvalue weighted by atomic mass is 32.2. The number of nitrogens with two attached hydrogens (primary N) is 1.